The summed E-state index contributed by atoms with van der Waals surface area (Å²) in [5, 5.41) is 18.7. The Kier molecular flexibility index (Phi) is 4.54. The molecule has 0 aromatic rings. The summed E-state index contributed by atoms with van der Waals surface area (Å²) in [4.78, 5) is 24.8. The number of sulfonamides is 1. The minimum atomic E-state index is -3.52. The topological polar surface area (TPSA) is 115 Å². The summed E-state index contributed by atoms with van der Waals surface area (Å²) in [6.45, 7) is 0.202. The number of aliphatic hydroxyl groups is 1. The third-order valence-electron chi connectivity index (χ3n) is 4.01. The highest BCUT2D eigenvalue weighted by Crippen LogP contribution is 2.26. The Labute approximate surface area is 123 Å². The van der Waals surface area contributed by atoms with Gasteiger partial charge in [0.15, 0.2) is 0 Å². The van der Waals surface area contributed by atoms with Gasteiger partial charge in [0.25, 0.3) is 0 Å². The van der Waals surface area contributed by atoms with Crippen LogP contribution in [0.1, 0.15) is 25.7 Å². The van der Waals surface area contributed by atoms with E-state index in [-0.39, 0.29) is 19.5 Å². The van der Waals surface area contributed by atoms with E-state index in [1.54, 1.807) is 0 Å². The molecular weight excluding hydrogens is 300 g/mol. The molecule has 2 rings (SSSR count). The zero-order valence-electron chi connectivity index (χ0n) is 11.8. The van der Waals surface area contributed by atoms with Crippen molar-refractivity contribution in [1.82, 2.24) is 9.21 Å². The molecule has 0 bridgehead atoms. The van der Waals surface area contributed by atoms with E-state index in [1.807, 2.05) is 0 Å². The number of piperidine rings is 1. The predicted molar refractivity (Wildman–Crippen MR) is 72.9 cm³/mol. The molecule has 0 saturated carbocycles. The second kappa shape index (κ2) is 5.90. The van der Waals surface area contributed by atoms with Crippen molar-refractivity contribution in [1.29, 1.82) is 0 Å². The highest BCUT2D eigenvalue weighted by Gasteiger charge is 2.44. The van der Waals surface area contributed by atoms with Gasteiger partial charge >= 0.3 is 5.97 Å². The average Bonchev–Trinajstić information content (AvgIpc) is 2.79. The van der Waals surface area contributed by atoms with Crippen LogP contribution in [0.15, 0.2) is 0 Å². The van der Waals surface area contributed by atoms with Gasteiger partial charge in [-0.15, -0.1) is 0 Å². The normalized spacial score (nSPS) is 31.3. The number of carbonyl (C=O) groups excluding carboxylic acids is 1. The maximum Gasteiger partial charge on any atom is 0.326 e. The first-order valence-electron chi connectivity index (χ1n) is 6.90. The van der Waals surface area contributed by atoms with E-state index in [0.717, 1.165) is 21.9 Å². The Morgan fingerprint density at radius 2 is 1.86 bits per heavy atom. The highest BCUT2D eigenvalue weighted by atomic mass is 32.2. The lowest BCUT2D eigenvalue weighted by molar-refractivity contribution is -0.150. The number of β-amino-alcohol motifs (C(OH)–C–C–N with tert-alkyl or cyclic N) is 1. The number of amides is 1. The number of carboxylic acids is 1. The van der Waals surface area contributed by atoms with Crippen LogP contribution in [0, 0.1) is 0 Å². The Balaban J connectivity index is 2.22. The van der Waals surface area contributed by atoms with Crippen molar-refractivity contribution in [2.45, 2.75) is 43.9 Å². The molecule has 2 N–H and O–H groups in total. The molecule has 0 radical (unpaired) electrons. The van der Waals surface area contributed by atoms with Crippen LogP contribution in [-0.2, 0) is 19.6 Å². The molecule has 2 heterocycles. The summed E-state index contributed by atoms with van der Waals surface area (Å²) < 4.78 is 24.7. The molecule has 0 aromatic heterocycles. The molecule has 3 atom stereocenters. The van der Waals surface area contributed by atoms with E-state index >= 15 is 0 Å². The van der Waals surface area contributed by atoms with Crippen molar-refractivity contribution in [2.75, 3.05) is 19.3 Å². The van der Waals surface area contributed by atoms with Crippen molar-refractivity contribution in [3.63, 3.8) is 0 Å². The number of aliphatic hydroxyl groups excluding tert-OH is 1. The zero-order chi connectivity index (χ0) is 15.8. The van der Waals surface area contributed by atoms with Gasteiger partial charge in [0.1, 0.15) is 12.1 Å². The molecule has 8 nitrogen and oxygen atoms in total. The lowest BCUT2D eigenvalue weighted by atomic mass is 10.0. The van der Waals surface area contributed by atoms with Crippen LogP contribution < -0.4 is 0 Å². The Bertz CT molecular complexity index is 534. The number of hydrogen-bond donors (Lipinski definition) is 2. The van der Waals surface area contributed by atoms with Crippen LogP contribution in [0.3, 0.4) is 0 Å². The molecule has 2 aliphatic heterocycles. The molecule has 21 heavy (non-hydrogen) atoms. The van der Waals surface area contributed by atoms with Gasteiger partial charge in [0.05, 0.1) is 12.4 Å². The quantitative estimate of drug-likeness (QED) is 0.678. The first kappa shape index (κ1) is 16.2. The fourth-order valence-electron chi connectivity index (χ4n) is 3.03. The van der Waals surface area contributed by atoms with Gasteiger partial charge in [-0.2, -0.15) is 4.31 Å². The minimum Gasteiger partial charge on any atom is -0.480 e. The standard InChI is InChI=1S/C12H20N2O6S/c1-21(19,20)14-5-3-2-4-9(14)11(16)13-7-8(15)6-10(13)12(17)18/h8-10,15H,2-7H2,1H3,(H,17,18)/t8-,9?,10-/m1/s1. The Morgan fingerprint density at radius 3 is 2.43 bits per heavy atom. The summed E-state index contributed by atoms with van der Waals surface area (Å²) in [5.74, 6) is -1.70. The van der Waals surface area contributed by atoms with Crippen LogP contribution in [0.25, 0.3) is 0 Å². The molecule has 0 spiro atoms. The van der Waals surface area contributed by atoms with Crippen LogP contribution in [0.2, 0.25) is 0 Å². The van der Waals surface area contributed by atoms with Gasteiger partial charge < -0.3 is 15.1 Å². The molecule has 120 valence electrons. The van der Waals surface area contributed by atoms with E-state index in [2.05, 4.69) is 0 Å². The first-order valence-corrected chi connectivity index (χ1v) is 8.75. The third kappa shape index (κ3) is 3.35. The maximum atomic E-state index is 12.6. The summed E-state index contributed by atoms with van der Waals surface area (Å²) in [7, 11) is -3.52. The number of likely N-dealkylation sites (tertiary alicyclic amines) is 1. The summed E-state index contributed by atoms with van der Waals surface area (Å²) in [6.07, 6.45) is 1.92. The fraction of sp³-hybridized carbons (Fsp3) is 0.833. The zero-order valence-corrected chi connectivity index (χ0v) is 12.6. The monoisotopic (exact) mass is 320 g/mol. The lowest BCUT2D eigenvalue weighted by Gasteiger charge is -2.35. The average molecular weight is 320 g/mol. The van der Waals surface area contributed by atoms with Crippen molar-refractivity contribution in [3.05, 3.63) is 0 Å². The number of hydrogen-bond acceptors (Lipinski definition) is 5. The van der Waals surface area contributed by atoms with E-state index in [0.29, 0.717) is 12.8 Å². The largest absolute Gasteiger partial charge is 0.480 e. The predicted octanol–water partition coefficient (Wildman–Crippen LogP) is -1.15. The van der Waals surface area contributed by atoms with E-state index in [4.69, 9.17) is 5.11 Å². The van der Waals surface area contributed by atoms with Gasteiger partial charge in [-0.3, -0.25) is 4.79 Å². The summed E-state index contributed by atoms with van der Waals surface area (Å²) >= 11 is 0. The van der Waals surface area contributed by atoms with Crippen LogP contribution >= 0.6 is 0 Å². The highest BCUT2D eigenvalue weighted by molar-refractivity contribution is 7.88. The van der Waals surface area contributed by atoms with Gasteiger partial charge in [0.2, 0.25) is 15.9 Å². The molecule has 0 aromatic carbocycles. The second-order valence-corrected chi connectivity index (χ2v) is 7.55. The molecule has 0 aliphatic carbocycles. The summed E-state index contributed by atoms with van der Waals surface area (Å²) in [6, 6.07) is -1.95. The summed E-state index contributed by atoms with van der Waals surface area (Å²) in [5.41, 5.74) is 0. The van der Waals surface area contributed by atoms with Crippen molar-refractivity contribution in [2.24, 2.45) is 0 Å². The molecule has 2 saturated heterocycles. The van der Waals surface area contributed by atoms with Crippen molar-refractivity contribution in [3.8, 4) is 0 Å². The Morgan fingerprint density at radius 1 is 1.19 bits per heavy atom. The number of carbonyl (C=O) groups is 2. The van der Waals surface area contributed by atoms with E-state index < -0.39 is 40.1 Å². The number of nitrogens with zero attached hydrogens (tertiary/aromatic N) is 2. The number of carboxylic acid groups (broad SMARTS) is 1. The number of rotatable bonds is 3. The van der Waals surface area contributed by atoms with Gasteiger partial charge in [-0.25, -0.2) is 13.2 Å². The van der Waals surface area contributed by atoms with Crippen LogP contribution in [0.4, 0.5) is 0 Å². The molecule has 1 amide bonds. The van der Waals surface area contributed by atoms with Gasteiger partial charge in [-0.05, 0) is 12.8 Å². The van der Waals surface area contributed by atoms with E-state index in [9.17, 15) is 23.1 Å². The molecule has 1 unspecified atom stereocenters. The molecule has 2 aliphatic rings. The first-order chi connectivity index (χ1) is 9.71. The van der Waals surface area contributed by atoms with Crippen molar-refractivity contribution < 1.29 is 28.2 Å². The molecule has 2 fully saturated rings. The second-order valence-electron chi connectivity index (χ2n) is 5.62. The minimum absolute atomic E-state index is 0.0212. The molecule has 9 heteroatoms. The maximum absolute atomic E-state index is 12.6. The smallest absolute Gasteiger partial charge is 0.326 e. The lowest BCUT2D eigenvalue weighted by Crippen LogP contribution is -2.54. The van der Waals surface area contributed by atoms with Crippen molar-refractivity contribution >= 4 is 21.9 Å². The van der Waals surface area contributed by atoms with Crippen LogP contribution in [0.5, 0.6) is 0 Å². The Hall–Kier alpha value is -1.19. The van der Waals surface area contributed by atoms with E-state index in [1.165, 1.54) is 0 Å². The molecular formula is C12H20N2O6S. The number of aliphatic carboxylic acids is 1. The van der Waals surface area contributed by atoms with Gasteiger partial charge in [-0.1, -0.05) is 6.42 Å². The fourth-order valence-corrected chi connectivity index (χ4v) is 4.15. The SMILES string of the molecule is CS(=O)(=O)N1CCCCC1C(=O)N1C[C@H](O)C[C@@H]1C(=O)O. The third-order valence-corrected chi connectivity index (χ3v) is 5.30. The van der Waals surface area contributed by atoms with Crippen LogP contribution in [-0.4, -0.2) is 77.2 Å². The van der Waals surface area contributed by atoms with Gasteiger partial charge in [0, 0.05) is 19.5 Å².